The van der Waals surface area contributed by atoms with Crippen LogP contribution in [0.4, 0.5) is 5.69 Å². The van der Waals surface area contributed by atoms with E-state index in [4.69, 9.17) is 9.47 Å². The summed E-state index contributed by atoms with van der Waals surface area (Å²) >= 11 is 0. The normalized spacial score (nSPS) is 13.2. The number of esters is 1. The third-order valence-corrected chi connectivity index (χ3v) is 3.00. The Balaban J connectivity index is 2.99. The summed E-state index contributed by atoms with van der Waals surface area (Å²) in [5, 5.41) is 3.21. The van der Waals surface area contributed by atoms with Gasteiger partial charge in [0.05, 0.1) is 19.9 Å². The van der Waals surface area contributed by atoms with Crippen LogP contribution in [0.3, 0.4) is 0 Å². The Morgan fingerprint density at radius 3 is 2.68 bits per heavy atom. The number of carbonyl (C=O) groups excluding carboxylic acids is 1. The van der Waals surface area contributed by atoms with Gasteiger partial charge in [-0.1, -0.05) is 18.2 Å². The van der Waals surface area contributed by atoms with Crippen molar-refractivity contribution in [2.45, 2.75) is 25.3 Å². The number of anilines is 1. The topological polar surface area (TPSA) is 47.6 Å². The molecule has 0 saturated heterocycles. The lowest BCUT2D eigenvalue weighted by atomic mass is 9.95. The lowest BCUT2D eigenvalue weighted by molar-refractivity contribution is -0.145. The second kappa shape index (κ2) is 6.83. The molecule has 0 heterocycles. The maximum Gasteiger partial charge on any atom is 0.331 e. The Labute approximate surface area is 114 Å². The molecule has 0 saturated carbocycles. The van der Waals surface area contributed by atoms with Crippen molar-refractivity contribution in [1.82, 2.24) is 0 Å². The summed E-state index contributed by atoms with van der Waals surface area (Å²) in [6, 6.07) is 7.47. The molecule has 1 aromatic carbocycles. The van der Waals surface area contributed by atoms with Crippen molar-refractivity contribution in [3.8, 4) is 5.75 Å². The molecule has 1 N–H and O–H groups in total. The largest absolute Gasteiger partial charge is 0.495 e. The van der Waals surface area contributed by atoms with Gasteiger partial charge in [0.2, 0.25) is 0 Å². The van der Waals surface area contributed by atoms with Crippen LogP contribution in [0.25, 0.3) is 0 Å². The minimum absolute atomic E-state index is 0.305. The Hall–Kier alpha value is -1.97. The predicted molar refractivity (Wildman–Crippen MR) is 76.5 cm³/mol. The van der Waals surface area contributed by atoms with Gasteiger partial charge < -0.3 is 14.8 Å². The quantitative estimate of drug-likeness (QED) is 0.607. The van der Waals surface area contributed by atoms with Gasteiger partial charge in [0.1, 0.15) is 11.3 Å². The van der Waals surface area contributed by atoms with E-state index in [0.717, 1.165) is 5.69 Å². The Morgan fingerprint density at radius 2 is 2.11 bits per heavy atom. The summed E-state index contributed by atoms with van der Waals surface area (Å²) in [5.41, 5.74) is -0.0423. The van der Waals surface area contributed by atoms with Crippen LogP contribution in [0.1, 0.15) is 19.8 Å². The molecule has 0 aliphatic carbocycles. The zero-order valence-corrected chi connectivity index (χ0v) is 11.7. The van der Waals surface area contributed by atoms with Crippen LogP contribution >= 0.6 is 0 Å². The van der Waals surface area contributed by atoms with E-state index in [1.807, 2.05) is 31.2 Å². The zero-order valence-electron chi connectivity index (χ0n) is 11.7. The number of allylic oxidation sites excluding steroid dienone is 1. The molecule has 0 spiro atoms. The first-order valence-corrected chi connectivity index (χ1v) is 6.18. The van der Waals surface area contributed by atoms with Gasteiger partial charge in [-0.25, -0.2) is 4.79 Å². The molecule has 0 fully saturated rings. The molecule has 1 rings (SSSR count). The Morgan fingerprint density at radius 1 is 1.42 bits per heavy atom. The van der Waals surface area contributed by atoms with Crippen LogP contribution in [0, 0.1) is 0 Å². The number of hydrogen-bond donors (Lipinski definition) is 1. The summed E-state index contributed by atoms with van der Waals surface area (Å²) in [5.74, 6) is 0.386. The highest BCUT2D eigenvalue weighted by Crippen LogP contribution is 2.29. The van der Waals surface area contributed by atoms with Crippen LogP contribution in [0.5, 0.6) is 5.75 Å². The zero-order chi connectivity index (χ0) is 14.3. The van der Waals surface area contributed by atoms with Crippen molar-refractivity contribution in [2.24, 2.45) is 0 Å². The van der Waals surface area contributed by atoms with Gasteiger partial charge in [0, 0.05) is 0 Å². The molecule has 1 atom stereocenters. The van der Waals surface area contributed by atoms with Gasteiger partial charge in [-0.3, -0.25) is 0 Å². The molecule has 0 aromatic heterocycles. The smallest absolute Gasteiger partial charge is 0.331 e. The molecule has 0 bridgehead atoms. The van der Waals surface area contributed by atoms with Crippen molar-refractivity contribution in [2.75, 3.05) is 19.5 Å². The average molecular weight is 263 g/mol. The third kappa shape index (κ3) is 3.74. The number of ether oxygens (including phenoxy) is 2. The summed E-state index contributed by atoms with van der Waals surface area (Å²) in [4.78, 5) is 12.0. The van der Waals surface area contributed by atoms with E-state index >= 15 is 0 Å². The van der Waals surface area contributed by atoms with Crippen LogP contribution in [0.2, 0.25) is 0 Å². The molecule has 1 unspecified atom stereocenters. The van der Waals surface area contributed by atoms with E-state index in [9.17, 15) is 4.79 Å². The van der Waals surface area contributed by atoms with Gasteiger partial charge in [0.25, 0.3) is 0 Å². The van der Waals surface area contributed by atoms with Crippen LogP contribution in [-0.2, 0) is 9.53 Å². The first-order valence-electron chi connectivity index (χ1n) is 6.18. The number of para-hydroxylation sites is 2. The van der Waals surface area contributed by atoms with Gasteiger partial charge in [0.15, 0.2) is 0 Å². The van der Waals surface area contributed by atoms with E-state index in [-0.39, 0.29) is 5.97 Å². The molecule has 0 amide bonds. The van der Waals surface area contributed by atoms with Crippen molar-refractivity contribution < 1.29 is 14.3 Å². The van der Waals surface area contributed by atoms with Crippen LogP contribution in [-0.4, -0.2) is 25.7 Å². The lowest BCUT2D eigenvalue weighted by Crippen LogP contribution is -2.44. The highest BCUT2D eigenvalue weighted by atomic mass is 16.5. The molecule has 104 valence electrons. The van der Waals surface area contributed by atoms with E-state index in [1.165, 1.54) is 7.11 Å². The van der Waals surface area contributed by atoms with E-state index in [0.29, 0.717) is 18.6 Å². The average Bonchev–Trinajstić information content (AvgIpc) is 2.44. The summed E-state index contributed by atoms with van der Waals surface area (Å²) in [6.07, 6.45) is 3.10. The van der Waals surface area contributed by atoms with E-state index in [2.05, 4.69) is 11.9 Å². The standard InChI is InChI=1S/C15H21NO3/c1-5-6-11-15(2,14(17)19-4)16-12-9-7-8-10-13(12)18-3/h5,7-10,16H,1,6,11H2,2-4H3. The van der Waals surface area contributed by atoms with Gasteiger partial charge >= 0.3 is 5.97 Å². The van der Waals surface area contributed by atoms with Gasteiger partial charge in [-0.05, 0) is 31.9 Å². The first-order chi connectivity index (χ1) is 9.07. The van der Waals surface area contributed by atoms with Gasteiger partial charge in [-0.2, -0.15) is 0 Å². The van der Waals surface area contributed by atoms with Crippen molar-refractivity contribution in [1.29, 1.82) is 0 Å². The maximum absolute atomic E-state index is 12.0. The number of nitrogens with one attached hydrogen (secondary N) is 1. The minimum Gasteiger partial charge on any atom is -0.495 e. The second-order valence-electron chi connectivity index (χ2n) is 4.48. The summed E-state index contributed by atoms with van der Waals surface area (Å²) < 4.78 is 10.2. The van der Waals surface area contributed by atoms with E-state index < -0.39 is 5.54 Å². The second-order valence-corrected chi connectivity index (χ2v) is 4.48. The SMILES string of the molecule is C=CCCC(C)(Nc1ccccc1OC)C(=O)OC. The van der Waals surface area contributed by atoms with Crippen molar-refractivity contribution in [3.63, 3.8) is 0 Å². The molecule has 0 aliphatic rings. The number of carbonyl (C=O) groups is 1. The molecule has 0 radical (unpaired) electrons. The highest BCUT2D eigenvalue weighted by molar-refractivity contribution is 5.84. The maximum atomic E-state index is 12.0. The van der Waals surface area contributed by atoms with E-state index in [1.54, 1.807) is 13.2 Å². The number of methoxy groups -OCH3 is 2. The molecular weight excluding hydrogens is 242 g/mol. The van der Waals surface area contributed by atoms with Crippen LogP contribution < -0.4 is 10.1 Å². The molecule has 4 nitrogen and oxygen atoms in total. The van der Waals surface area contributed by atoms with Crippen molar-refractivity contribution >= 4 is 11.7 Å². The molecule has 1 aromatic rings. The highest BCUT2D eigenvalue weighted by Gasteiger charge is 2.34. The Kier molecular flexibility index (Phi) is 5.42. The third-order valence-electron chi connectivity index (χ3n) is 3.00. The lowest BCUT2D eigenvalue weighted by Gasteiger charge is -2.29. The van der Waals surface area contributed by atoms with Crippen molar-refractivity contribution in [3.05, 3.63) is 36.9 Å². The fourth-order valence-electron chi connectivity index (χ4n) is 1.88. The summed E-state index contributed by atoms with van der Waals surface area (Å²) in [6.45, 7) is 5.50. The fourth-order valence-corrected chi connectivity index (χ4v) is 1.88. The number of hydrogen-bond acceptors (Lipinski definition) is 4. The predicted octanol–water partition coefficient (Wildman–Crippen LogP) is 3.01. The molecule has 4 heteroatoms. The van der Waals surface area contributed by atoms with Crippen LogP contribution in [0.15, 0.2) is 36.9 Å². The fraction of sp³-hybridized carbons (Fsp3) is 0.400. The van der Waals surface area contributed by atoms with Gasteiger partial charge in [-0.15, -0.1) is 6.58 Å². The monoisotopic (exact) mass is 263 g/mol. The first kappa shape index (κ1) is 15.1. The summed E-state index contributed by atoms with van der Waals surface area (Å²) in [7, 11) is 2.98. The number of rotatable bonds is 7. The molecular formula is C15H21NO3. The minimum atomic E-state index is -0.808. The Bertz CT molecular complexity index is 445. The molecule has 0 aliphatic heterocycles. The number of benzene rings is 1. The molecule has 19 heavy (non-hydrogen) atoms.